The van der Waals surface area contributed by atoms with Crippen LogP contribution < -0.4 is 0 Å². The number of allylic oxidation sites excluding steroid dienone is 1. The van der Waals surface area contributed by atoms with E-state index in [1.165, 1.54) is 17.3 Å². The normalized spacial score (nSPS) is 46.4. The molecule has 0 nitrogen and oxygen atoms in total. The summed E-state index contributed by atoms with van der Waals surface area (Å²) in [4.78, 5) is 0. The Kier molecular flexibility index (Phi) is 3.53. The maximum atomic E-state index is 3.85. The first-order valence-corrected chi connectivity index (χ1v) is 15.2. The first-order chi connectivity index (χ1) is 4.69. The summed E-state index contributed by atoms with van der Waals surface area (Å²) in [6.07, 6.45) is 5.15. The van der Waals surface area contributed by atoms with Gasteiger partial charge in [-0.2, -0.15) is 0 Å². The zero-order valence-electron chi connectivity index (χ0n) is 6.48. The molecule has 0 N–H and O–H groups in total. The molecular formula is C8H15ITe. The van der Waals surface area contributed by atoms with Crippen molar-refractivity contribution in [1.82, 2.24) is 0 Å². The minimum atomic E-state index is -1.35. The molecule has 60 valence electrons. The zero-order valence-corrected chi connectivity index (χ0v) is 11.0. The summed E-state index contributed by atoms with van der Waals surface area (Å²) in [5.41, 5.74) is 0. The van der Waals surface area contributed by atoms with Crippen LogP contribution >= 0.6 is 18.7 Å². The molecule has 0 amide bonds. The second kappa shape index (κ2) is 3.78. The molecule has 1 heterocycles. The average molecular weight is 366 g/mol. The fourth-order valence-corrected chi connectivity index (χ4v) is 14.2. The first kappa shape index (κ1) is 9.35. The SMILES string of the molecule is C=CC[Te]1(I)CCCC1C. The molecule has 0 aromatic carbocycles. The van der Waals surface area contributed by atoms with Gasteiger partial charge in [0.25, 0.3) is 0 Å². The maximum absolute atomic E-state index is 3.85. The third-order valence-electron chi connectivity index (χ3n) is 2.21. The zero-order chi connectivity index (χ0) is 7.61. The standard InChI is InChI=1S/C8H15ITe/c1-3-6-10(9)7-4-5-8(10)2/h3,8H,1,4-7H2,2H3. The third kappa shape index (κ3) is 1.89. The monoisotopic (exact) mass is 368 g/mol. The van der Waals surface area contributed by atoms with Crippen molar-refractivity contribution in [3.05, 3.63) is 12.7 Å². The van der Waals surface area contributed by atoms with Crippen molar-refractivity contribution in [2.75, 3.05) is 0 Å². The molecule has 0 bridgehead atoms. The molecule has 10 heavy (non-hydrogen) atoms. The van der Waals surface area contributed by atoms with Crippen molar-refractivity contribution in [3.63, 3.8) is 0 Å². The topological polar surface area (TPSA) is 0 Å². The summed E-state index contributed by atoms with van der Waals surface area (Å²) in [6.45, 7) is 6.29. The van der Waals surface area contributed by atoms with E-state index in [4.69, 9.17) is 0 Å². The Balaban J connectivity index is 2.56. The molecule has 0 aromatic heterocycles. The molecule has 1 aliphatic heterocycles. The first-order valence-electron chi connectivity index (χ1n) is 3.77. The molecule has 0 spiro atoms. The van der Waals surface area contributed by atoms with Gasteiger partial charge in [0.15, 0.2) is 0 Å². The van der Waals surface area contributed by atoms with Crippen molar-refractivity contribution in [1.29, 1.82) is 0 Å². The molecule has 2 unspecified atom stereocenters. The van der Waals surface area contributed by atoms with Crippen molar-refractivity contribution in [2.24, 2.45) is 0 Å². The van der Waals surface area contributed by atoms with Gasteiger partial charge in [0.2, 0.25) is 0 Å². The van der Waals surface area contributed by atoms with Crippen molar-refractivity contribution < 1.29 is 0 Å². The fourth-order valence-electron chi connectivity index (χ4n) is 1.47. The molecule has 0 saturated carbocycles. The van der Waals surface area contributed by atoms with Crippen LogP contribution in [0, 0.1) is 0 Å². The van der Waals surface area contributed by atoms with Crippen LogP contribution in [0.5, 0.6) is 0 Å². The summed E-state index contributed by atoms with van der Waals surface area (Å²) in [5, 5.41) is 0. The van der Waals surface area contributed by atoms with E-state index in [2.05, 4.69) is 38.3 Å². The summed E-state index contributed by atoms with van der Waals surface area (Å²) in [6, 6.07) is 0. The molecule has 0 aromatic rings. The Morgan fingerprint density at radius 2 is 2.50 bits per heavy atom. The van der Waals surface area contributed by atoms with E-state index in [0.717, 1.165) is 3.97 Å². The molecule has 0 radical (unpaired) electrons. The Morgan fingerprint density at radius 3 is 2.90 bits per heavy atom. The van der Waals surface area contributed by atoms with Gasteiger partial charge < -0.3 is 0 Å². The van der Waals surface area contributed by atoms with E-state index in [1.807, 2.05) is 0 Å². The summed E-state index contributed by atoms with van der Waals surface area (Å²) < 4.78 is 4.04. The Labute approximate surface area is 77.5 Å². The van der Waals surface area contributed by atoms with Crippen LogP contribution in [0.25, 0.3) is 0 Å². The number of hydrogen-bond acceptors (Lipinski definition) is 0. The number of rotatable bonds is 2. The predicted molar refractivity (Wildman–Crippen MR) is 58.2 cm³/mol. The van der Waals surface area contributed by atoms with E-state index in [0.29, 0.717) is 0 Å². The second-order valence-electron chi connectivity index (χ2n) is 2.96. The predicted octanol–water partition coefficient (Wildman–Crippen LogP) is 3.74. The Hall–Kier alpha value is 1.26. The Bertz CT molecular complexity index is 135. The molecule has 1 saturated heterocycles. The summed E-state index contributed by atoms with van der Waals surface area (Å²) in [7, 11) is 0. The Morgan fingerprint density at radius 1 is 1.80 bits per heavy atom. The van der Waals surface area contributed by atoms with E-state index in [9.17, 15) is 0 Å². The summed E-state index contributed by atoms with van der Waals surface area (Å²) >= 11 is 1.46. The van der Waals surface area contributed by atoms with Gasteiger partial charge in [0.1, 0.15) is 0 Å². The van der Waals surface area contributed by atoms with E-state index < -0.39 is 14.2 Å². The van der Waals surface area contributed by atoms with E-state index >= 15 is 0 Å². The molecule has 1 aliphatic rings. The van der Waals surface area contributed by atoms with Crippen LogP contribution in [0.2, 0.25) is 12.9 Å². The van der Waals surface area contributed by atoms with Gasteiger partial charge >= 0.3 is 78.3 Å². The van der Waals surface area contributed by atoms with Crippen LogP contribution in [-0.2, 0) is 0 Å². The van der Waals surface area contributed by atoms with Gasteiger partial charge in [-0.05, 0) is 0 Å². The van der Waals surface area contributed by atoms with Crippen LogP contribution in [-0.4, -0.2) is 14.2 Å². The van der Waals surface area contributed by atoms with Crippen molar-refractivity contribution >= 4 is 32.9 Å². The van der Waals surface area contributed by atoms with Crippen LogP contribution in [0.3, 0.4) is 0 Å². The second-order valence-corrected chi connectivity index (χ2v) is 24.0. The third-order valence-corrected chi connectivity index (χ3v) is 23.2. The van der Waals surface area contributed by atoms with Gasteiger partial charge in [-0.25, -0.2) is 0 Å². The van der Waals surface area contributed by atoms with Gasteiger partial charge in [-0.15, -0.1) is 0 Å². The van der Waals surface area contributed by atoms with Crippen LogP contribution in [0.4, 0.5) is 0 Å². The fraction of sp³-hybridized carbons (Fsp3) is 0.750. The quantitative estimate of drug-likeness (QED) is 0.397. The van der Waals surface area contributed by atoms with E-state index in [1.54, 1.807) is 4.47 Å². The van der Waals surface area contributed by atoms with Gasteiger partial charge in [0.05, 0.1) is 0 Å². The van der Waals surface area contributed by atoms with E-state index in [-0.39, 0.29) is 0 Å². The van der Waals surface area contributed by atoms with Gasteiger partial charge in [0, 0.05) is 0 Å². The average Bonchev–Trinajstić information content (AvgIpc) is 2.15. The minimum absolute atomic E-state index is 1.08. The molecule has 1 rings (SSSR count). The molecule has 2 heteroatoms. The van der Waals surface area contributed by atoms with Crippen LogP contribution in [0.1, 0.15) is 19.8 Å². The van der Waals surface area contributed by atoms with Gasteiger partial charge in [-0.1, -0.05) is 0 Å². The van der Waals surface area contributed by atoms with Crippen LogP contribution in [0.15, 0.2) is 12.7 Å². The summed E-state index contributed by atoms with van der Waals surface area (Å²) in [5.74, 6) is 0. The number of hydrogen-bond donors (Lipinski definition) is 0. The molecule has 0 aliphatic carbocycles. The van der Waals surface area contributed by atoms with Gasteiger partial charge in [-0.3, -0.25) is 0 Å². The van der Waals surface area contributed by atoms with Crippen molar-refractivity contribution in [3.8, 4) is 0 Å². The number of halogens is 1. The van der Waals surface area contributed by atoms with Crippen molar-refractivity contribution in [2.45, 2.75) is 32.7 Å². The molecule has 2 atom stereocenters. The molecule has 1 fully saturated rings. The molecular weight excluding hydrogens is 351 g/mol.